The molecule has 6 rings (SSSR count). The first-order valence-electron chi connectivity index (χ1n) is 11.4. The molecule has 29 heavy (non-hydrogen) atoms. The highest BCUT2D eigenvalue weighted by Crippen LogP contribution is 2.50. The molecule has 0 bridgehead atoms. The quantitative estimate of drug-likeness (QED) is 0.777. The Morgan fingerprint density at radius 1 is 1.00 bits per heavy atom. The minimum atomic E-state index is 0.279. The summed E-state index contributed by atoms with van der Waals surface area (Å²) in [5, 5.41) is 6.75. The van der Waals surface area contributed by atoms with E-state index in [4.69, 9.17) is 4.98 Å². The van der Waals surface area contributed by atoms with Gasteiger partial charge in [0.2, 0.25) is 0 Å². The topological polar surface area (TPSA) is 53.1 Å². The fourth-order valence-corrected chi connectivity index (χ4v) is 5.62. The van der Waals surface area contributed by atoms with E-state index >= 15 is 0 Å². The fourth-order valence-electron chi connectivity index (χ4n) is 5.62. The lowest BCUT2D eigenvalue weighted by molar-refractivity contribution is 0.329. The smallest absolute Gasteiger partial charge is 0.140 e. The Labute approximate surface area is 174 Å². The summed E-state index contributed by atoms with van der Waals surface area (Å²) in [7, 11) is 0. The standard InChI is InChI=1S/C20H24N4.C4H9N/c1-14-6-7-16-18(14)19(23-13-22-16)24-12-20(8-10-21-11-9-20)15-4-2-3-5-17(15)24;1-2-4-5-3-1/h2-5,13-14,21H,6-12H2,1H3;5H,1-4H2. The molecule has 2 N–H and O–H groups in total. The van der Waals surface area contributed by atoms with Gasteiger partial charge < -0.3 is 15.5 Å². The second-order valence-electron chi connectivity index (χ2n) is 9.09. The van der Waals surface area contributed by atoms with Gasteiger partial charge in [-0.3, -0.25) is 0 Å². The molecule has 2 saturated heterocycles. The zero-order valence-corrected chi connectivity index (χ0v) is 17.6. The van der Waals surface area contributed by atoms with Crippen molar-refractivity contribution in [3.63, 3.8) is 0 Å². The van der Waals surface area contributed by atoms with Gasteiger partial charge in [0, 0.05) is 28.9 Å². The zero-order valence-electron chi connectivity index (χ0n) is 17.6. The number of fused-ring (bicyclic) bond motifs is 3. The third-order valence-electron chi connectivity index (χ3n) is 7.25. The Hall–Kier alpha value is -1.98. The first-order valence-corrected chi connectivity index (χ1v) is 11.4. The van der Waals surface area contributed by atoms with Gasteiger partial charge in [0.15, 0.2) is 0 Å². The van der Waals surface area contributed by atoms with E-state index in [2.05, 4.69) is 51.7 Å². The summed E-state index contributed by atoms with van der Waals surface area (Å²) in [6, 6.07) is 8.97. The van der Waals surface area contributed by atoms with E-state index in [1.165, 1.54) is 67.7 Å². The van der Waals surface area contributed by atoms with Crippen molar-refractivity contribution in [2.45, 2.75) is 56.8 Å². The largest absolute Gasteiger partial charge is 0.325 e. The number of para-hydroxylation sites is 1. The van der Waals surface area contributed by atoms with Gasteiger partial charge in [0.05, 0.1) is 0 Å². The van der Waals surface area contributed by atoms with Crippen molar-refractivity contribution in [3.8, 4) is 0 Å². The van der Waals surface area contributed by atoms with Crippen LogP contribution in [0.4, 0.5) is 11.5 Å². The van der Waals surface area contributed by atoms with Gasteiger partial charge in [-0.05, 0) is 82.3 Å². The lowest BCUT2D eigenvalue weighted by Crippen LogP contribution is -2.42. The maximum Gasteiger partial charge on any atom is 0.140 e. The monoisotopic (exact) mass is 391 g/mol. The van der Waals surface area contributed by atoms with Crippen LogP contribution in [0.5, 0.6) is 0 Å². The normalized spacial score (nSPS) is 24.2. The average molecular weight is 392 g/mol. The third kappa shape index (κ3) is 3.44. The number of hydrogen-bond donors (Lipinski definition) is 2. The number of rotatable bonds is 1. The van der Waals surface area contributed by atoms with Gasteiger partial charge in [-0.15, -0.1) is 0 Å². The van der Waals surface area contributed by atoms with Crippen molar-refractivity contribution in [2.75, 3.05) is 37.6 Å². The molecule has 1 aromatic heterocycles. The average Bonchev–Trinajstić information content (AvgIpc) is 3.52. The second kappa shape index (κ2) is 8.04. The zero-order chi connectivity index (χ0) is 19.7. The van der Waals surface area contributed by atoms with Crippen molar-refractivity contribution in [2.24, 2.45) is 0 Å². The van der Waals surface area contributed by atoms with E-state index in [-0.39, 0.29) is 5.41 Å². The van der Waals surface area contributed by atoms with Crippen LogP contribution in [-0.4, -0.2) is 42.7 Å². The highest BCUT2D eigenvalue weighted by molar-refractivity contribution is 5.73. The van der Waals surface area contributed by atoms with Gasteiger partial charge >= 0.3 is 0 Å². The summed E-state index contributed by atoms with van der Waals surface area (Å²) in [5.74, 6) is 1.72. The fraction of sp³-hybridized carbons (Fsp3) is 0.583. The molecule has 1 aromatic carbocycles. The van der Waals surface area contributed by atoms with Gasteiger partial charge in [-0.2, -0.15) is 0 Å². The Morgan fingerprint density at radius 3 is 2.52 bits per heavy atom. The Kier molecular flexibility index (Phi) is 5.27. The van der Waals surface area contributed by atoms with Crippen molar-refractivity contribution in [1.82, 2.24) is 20.6 Å². The molecular formula is C24H33N5. The van der Waals surface area contributed by atoms with E-state index in [1.54, 1.807) is 6.33 Å². The van der Waals surface area contributed by atoms with Gasteiger partial charge in [0.1, 0.15) is 12.1 Å². The molecule has 2 aromatic rings. The molecular weight excluding hydrogens is 358 g/mol. The van der Waals surface area contributed by atoms with Crippen LogP contribution in [0.15, 0.2) is 30.6 Å². The molecule has 1 atom stereocenters. The molecule has 0 amide bonds. The molecule has 3 aliphatic heterocycles. The maximum absolute atomic E-state index is 4.76. The molecule has 5 nitrogen and oxygen atoms in total. The molecule has 154 valence electrons. The van der Waals surface area contributed by atoms with Crippen LogP contribution in [0.25, 0.3) is 0 Å². The van der Waals surface area contributed by atoms with Crippen molar-refractivity contribution < 1.29 is 0 Å². The number of benzene rings is 1. The number of piperidine rings is 1. The molecule has 1 spiro atoms. The number of anilines is 2. The van der Waals surface area contributed by atoms with Crippen LogP contribution < -0.4 is 15.5 Å². The number of aryl methyl sites for hydroxylation is 1. The van der Waals surface area contributed by atoms with E-state index < -0.39 is 0 Å². The second-order valence-corrected chi connectivity index (χ2v) is 9.09. The molecule has 4 aliphatic rings. The van der Waals surface area contributed by atoms with Gasteiger partial charge in [-0.25, -0.2) is 9.97 Å². The van der Waals surface area contributed by atoms with E-state index in [9.17, 15) is 0 Å². The molecule has 0 radical (unpaired) electrons. The lowest BCUT2D eigenvalue weighted by atomic mass is 9.75. The van der Waals surface area contributed by atoms with Crippen LogP contribution in [0.3, 0.4) is 0 Å². The number of nitrogens with one attached hydrogen (secondary N) is 2. The number of nitrogens with zero attached hydrogens (tertiary/aromatic N) is 3. The van der Waals surface area contributed by atoms with Crippen LogP contribution in [0, 0.1) is 0 Å². The van der Waals surface area contributed by atoms with Crippen LogP contribution in [-0.2, 0) is 11.8 Å². The third-order valence-corrected chi connectivity index (χ3v) is 7.25. The van der Waals surface area contributed by atoms with Crippen LogP contribution in [0.1, 0.15) is 61.8 Å². The maximum atomic E-state index is 4.76. The highest BCUT2D eigenvalue weighted by Gasteiger charge is 2.45. The summed E-state index contributed by atoms with van der Waals surface area (Å²) in [5.41, 5.74) is 5.81. The number of hydrogen-bond acceptors (Lipinski definition) is 5. The summed E-state index contributed by atoms with van der Waals surface area (Å²) in [6.07, 6.45) is 9.26. The van der Waals surface area contributed by atoms with Crippen LogP contribution in [0.2, 0.25) is 0 Å². The Bertz CT molecular complexity index is 846. The van der Waals surface area contributed by atoms with Crippen molar-refractivity contribution >= 4 is 11.5 Å². The predicted molar refractivity (Wildman–Crippen MR) is 118 cm³/mol. The SMILES string of the molecule is C1CCNC1.CC1CCc2ncnc(N3CC4(CCNCC4)c4ccccc43)c21. The molecule has 2 fully saturated rings. The summed E-state index contributed by atoms with van der Waals surface area (Å²) >= 11 is 0. The van der Waals surface area contributed by atoms with E-state index in [0.29, 0.717) is 5.92 Å². The number of aromatic nitrogens is 2. The Morgan fingerprint density at radius 2 is 1.76 bits per heavy atom. The Balaban J connectivity index is 0.000000319. The van der Waals surface area contributed by atoms with Crippen LogP contribution >= 0.6 is 0 Å². The molecule has 4 heterocycles. The summed E-state index contributed by atoms with van der Waals surface area (Å²) in [4.78, 5) is 11.8. The van der Waals surface area contributed by atoms with Gasteiger partial charge in [0.25, 0.3) is 0 Å². The molecule has 5 heteroatoms. The van der Waals surface area contributed by atoms with E-state index in [1.807, 2.05) is 0 Å². The van der Waals surface area contributed by atoms with Gasteiger partial charge in [-0.1, -0.05) is 25.1 Å². The van der Waals surface area contributed by atoms with E-state index in [0.717, 1.165) is 31.9 Å². The summed E-state index contributed by atoms with van der Waals surface area (Å²) in [6.45, 7) is 8.10. The molecule has 1 unspecified atom stereocenters. The summed E-state index contributed by atoms with van der Waals surface area (Å²) < 4.78 is 0. The first kappa shape index (κ1) is 19.0. The minimum absolute atomic E-state index is 0.279. The molecule has 1 aliphatic carbocycles. The highest BCUT2D eigenvalue weighted by atomic mass is 15.2. The minimum Gasteiger partial charge on any atom is -0.325 e. The molecule has 0 saturated carbocycles. The van der Waals surface area contributed by atoms with Crippen molar-refractivity contribution in [1.29, 1.82) is 0 Å². The first-order chi connectivity index (χ1) is 14.3. The predicted octanol–water partition coefficient (Wildman–Crippen LogP) is 3.67. The van der Waals surface area contributed by atoms with Crippen molar-refractivity contribution in [3.05, 3.63) is 47.4 Å². The lowest BCUT2D eigenvalue weighted by Gasteiger charge is -2.35.